The predicted molar refractivity (Wildman–Crippen MR) is 399 cm³/mol. The van der Waals surface area contributed by atoms with Crippen LogP contribution in [0.4, 0.5) is 0 Å². The Balaban J connectivity index is 0.0000422. The van der Waals surface area contributed by atoms with Gasteiger partial charge in [0.05, 0.1) is 81.8 Å². The summed E-state index contributed by atoms with van der Waals surface area (Å²) in [5.41, 5.74) is 0. The third-order valence-corrected chi connectivity index (χ3v) is 20.8. The molecular formula is C70H122GdN9O48. The summed E-state index contributed by atoms with van der Waals surface area (Å²) in [6, 6.07) is 0. The number of carbonyl (C=O) groups is 9. The summed E-state index contributed by atoms with van der Waals surface area (Å²) < 4.78 is 42.9. The van der Waals surface area contributed by atoms with Gasteiger partial charge in [0.2, 0.25) is 11.8 Å². The maximum atomic E-state index is 14.4. The second kappa shape index (κ2) is 59.0. The Morgan fingerprint density at radius 2 is 0.484 bits per heavy atom. The fourth-order valence-corrected chi connectivity index (χ4v) is 13.4. The van der Waals surface area contributed by atoms with Crippen molar-refractivity contribution in [3.05, 3.63) is 0 Å². The van der Waals surface area contributed by atoms with E-state index in [0.29, 0.717) is 0 Å². The standard InChI is InChI=1S/C70H125N9O48.Gd/c80-17-1-30(120-67-59(112)51(104)47(100)34(26-84)124-67)43(96)55(108)63(116)71-5-9-78(10-6-72-64(117)56(109)44(97)31(2-18-81)121-68-60(113)52(105)48(101)35(27-85)125-68)38(88)21-76(24-41(92)93)15-13-75(23-40(90)91)14-16-77(25-42(94)95)22-39(89)79(11-7-73-65(118)57(110)45(98)32(3-19-82)122-69-61(114)53(106)49(102)36(28-86)126-69)12-8-74-66(119)58(111)46(99)33(4-20-83)123-70-62(115)54(107)50(103)37(29-87)127-70;/h30-37,43-62,67-70,80-87,96-115H,1-29H2,(H,71,116)(H,72,117)(H,73,118)(H,74,119)(H,90,91)(H,92,93)(H,94,95);/q;+3/p-3/t30-,31-,32-,33-,34-,35-,36-,37-,43+,44+,45+,46+,47+,48+,49+,50+,51+,52+,53+,54+,55-,56-,57-,58-,59-,60-,61-,62-,67-,68+,69+,70+;/m1./s1. The molecule has 6 amide bonds. The number of aliphatic hydroxyl groups is 28. The maximum absolute atomic E-state index is 14.4. The van der Waals surface area contributed by atoms with Crippen molar-refractivity contribution < 1.29 is 279 Å². The van der Waals surface area contributed by atoms with Gasteiger partial charge in [0.15, 0.2) is 49.6 Å². The van der Waals surface area contributed by atoms with Gasteiger partial charge in [-0.15, -0.1) is 0 Å². The van der Waals surface area contributed by atoms with Gasteiger partial charge in [0.25, 0.3) is 23.6 Å². The van der Waals surface area contributed by atoms with Gasteiger partial charge in [-0.1, -0.05) is 0 Å². The van der Waals surface area contributed by atoms with E-state index in [-0.39, 0.29) is 39.9 Å². The molecule has 4 heterocycles. The Kier molecular flexibility index (Phi) is 54.0. The molecule has 0 spiro atoms. The molecule has 1 radical (unpaired) electrons. The van der Waals surface area contributed by atoms with Crippen LogP contribution < -0.4 is 36.6 Å². The molecule has 4 rings (SSSR count). The molecule has 128 heavy (non-hydrogen) atoms. The molecule has 0 unspecified atom stereocenters. The van der Waals surface area contributed by atoms with Crippen LogP contribution in [0.3, 0.4) is 0 Å². The molecule has 4 aliphatic heterocycles. The number of amides is 6. The van der Waals surface area contributed by atoms with E-state index >= 15 is 0 Å². The van der Waals surface area contributed by atoms with E-state index in [4.69, 9.17) is 37.9 Å². The van der Waals surface area contributed by atoms with Crippen LogP contribution in [-0.4, -0.2) is 581 Å². The average Bonchev–Trinajstić information content (AvgIpc) is 0.819. The number of hydrogen-bond acceptors (Lipinski definition) is 51. The molecule has 32 N–H and O–H groups in total. The van der Waals surface area contributed by atoms with Crippen molar-refractivity contribution in [3.63, 3.8) is 0 Å². The second-order valence-electron chi connectivity index (χ2n) is 30.0. The first-order valence-corrected chi connectivity index (χ1v) is 40.1. The molecule has 57 nitrogen and oxygen atoms in total. The molecule has 743 valence electrons. The van der Waals surface area contributed by atoms with E-state index in [1.54, 1.807) is 0 Å². The molecule has 32 atom stereocenters. The van der Waals surface area contributed by atoms with Crippen molar-refractivity contribution in [1.29, 1.82) is 0 Å². The number of hydrogen-bond donors (Lipinski definition) is 32. The Morgan fingerprint density at radius 3 is 0.672 bits per heavy atom. The van der Waals surface area contributed by atoms with Gasteiger partial charge in [-0.05, 0) is 25.7 Å². The van der Waals surface area contributed by atoms with Gasteiger partial charge in [-0.3, -0.25) is 43.5 Å². The van der Waals surface area contributed by atoms with E-state index in [0.717, 1.165) is 24.5 Å². The molecule has 4 aliphatic rings. The van der Waals surface area contributed by atoms with Gasteiger partial charge in [-0.2, -0.15) is 0 Å². The molecule has 0 aromatic carbocycles. The molecule has 4 saturated heterocycles. The van der Waals surface area contributed by atoms with Crippen molar-refractivity contribution in [2.45, 2.75) is 222 Å². The van der Waals surface area contributed by atoms with Crippen molar-refractivity contribution in [2.75, 3.05) is 164 Å². The van der Waals surface area contributed by atoms with Crippen LogP contribution in [-0.2, 0) is 81.0 Å². The first-order chi connectivity index (χ1) is 59.9. The first kappa shape index (κ1) is 117. The molecule has 0 bridgehead atoms. The zero-order valence-corrected chi connectivity index (χ0v) is 71.0. The van der Waals surface area contributed by atoms with Crippen LogP contribution in [0, 0.1) is 39.9 Å². The number of nitrogens with one attached hydrogen (secondary N) is 4. The Labute approximate surface area is 760 Å². The monoisotopic (exact) mass is 2010 g/mol. The number of aliphatic hydroxyl groups excluding tert-OH is 28. The van der Waals surface area contributed by atoms with E-state index in [1.807, 2.05) is 0 Å². The van der Waals surface area contributed by atoms with Crippen LogP contribution in [0.2, 0.25) is 0 Å². The number of ether oxygens (including phenoxy) is 8. The number of carboxylic acid groups (broad SMARTS) is 3. The van der Waals surface area contributed by atoms with Gasteiger partial charge < -0.3 is 242 Å². The quantitative estimate of drug-likeness (QED) is 0.0269. The van der Waals surface area contributed by atoms with Crippen molar-refractivity contribution in [3.8, 4) is 0 Å². The average molecular weight is 2020 g/mol. The van der Waals surface area contributed by atoms with E-state index in [9.17, 15) is 201 Å². The molecule has 0 aromatic heterocycles. The molecule has 0 aromatic rings. The van der Waals surface area contributed by atoms with Gasteiger partial charge in [-0.25, -0.2) is 0 Å². The van der Waals surface area contributed by atoms with E-state index < -0.39 is 439 Å². The van der Waals surface area contributed by atoms with Gasteiger partial charge >= 0.3 is 39.9 Å². The summed E-state index contributed by atoms with van der Waals surface area (Å²) in [6.07, 6.45) is -67.2. The molecule has 0 saturated carbocycles. The molecular weight excluding hydrogens is 1890 g/mol. The first-order valence-electron chi connectivity index (χ1n) is 40.1. The van der Waals surface area contributed by atoms with E-state index in [2.05, 4.69) is 21.3 Å². The van der Waals surface area contributed by atoms with Crippen LogP contribution in [0.1, 0.15) is 25.7 Å². The zero-order valence-electron chi connectivity index (χ0n) is 68.8. The number of carbonyl (C=O) groups excluding carboxylic acids is 9. The minimum absolute atomic E-state index is 0. The van der Waals surface area contributed by atoms with E-state index in [1.165, 1.54) is 0 Å². The summed E-state index contributed by atoms with van der Waals surface area (Å²) in [7, 11) is 0. The van der Waals surface area contributed by atoms with Crippen LogP contribution in [0.15, 0.2) is 0 Å². The van der Waals surface area contributed by atoms with Crippen molar-refractivity contribution in [2.24, 2.45) is 0 Å². The van der Waals surface area contributed by atoms with Gasteiger partial charge in [0, 0.05) is 125 Å². The van der Waals surface area contributed by atoms with Crippen molar-refractivity contribution >= 4 is 53.4 Å². The molecule has 58 heteroatoms. The van der Waals surface area contributed by atoms with Crippen LogP contribution in [0.5, 0.6) is 0 Å². The summed E-state index contributed by atoms with van der Waals surface area (Å²) in [5, 5.41) is 336. The SMILES string of the molecule is O=C([O-])CN(CCN(CC(=O)[O-])CC(=O)N(CCNC(=O)[C@H](O)[C@@H](O)[C@@H](CCO)O[C@H]1O[C@H](CO)[C@H](O)[C@H](O)[C@H]1O)CCNC(=O)[C@H](O)[C@@H](O)[C@@H](CCO)O[C@H]1O[C@H](CO)[C@H](O)[C@H](O)[C@H]1O)CCN(CC(=O)[O-])CC(=O)N(CCNC(=O)[C@H](O)[C@@H](O)[C@@H](CCO)O[C@H]1O[C@H](CO)[C@H](O)[C@H](O)[C@H]1O)CCNC(=O)[C@H](O)[C@@H](O)[C@@H](CCO)O[C@@H]1O[C@H](CO)[C@H](O)[C@H](O)[C@H]1O.[Gd+3]. The summed E-state index contributed by atoms with van der Waals surface area (Å²) in [6.45, 7) is -20.9. The zero-order chi connectivity index (χ0) is 95.5. The molecule has 4 fully saturated rings. The Hall–Kier alpha value is -5.01. The fourth-order valence-electron chi connectivity index (χ4n) is 13.4. The fraction of sp³-hybridized carbons (Fsp3) is 0.871. The summed E-state index contributed by atoms with van der Waals surface area (Å²) in [4.78, 5) is 124. The minimum Gasteiger partial charge on any atom is -0.549 e. The summed E-state index contributed by atoms with van der Waals surface area (Å²) in [5.74, 6) is -13.7. The number of aliphatic carboxylic acids is 3. The topological polar surface area (TPSA) is 927 Å². The Bertz CT molecular complexity index is 2940. The number of nitrogens with zero attached hydrogens (tertiary/aromatic N) is 5. The third-order valence-electron chi connectivity index (χ3n) is 20.8. The predicted octanol–water partition coefficient (Wildman–Crippen LogP) is -27.6. The minimum atomic E-state index is -2.53. The maximum Gasteiger partial charge on any atom is 3.00 e. The second-order valence-corrected chi connectivity index (χ2v) is 30.0. The number of rotatable bonds is 60. The largest absolute Gasteiger partial charge is 3.00 e. The normalized spacial score (nSPS) is 29.1. The summed E-state index contributed by atoms with van der Waals surface area (Å²) >= 11 is 0. The number of carboxylic acids is 3. The van der Waals surface area contributed by atoms with Crippen LogP contribution >= 0.6 is 0 Å². The van der Waals surface area contributed by atoms with Crippen molar-refractivity contribution in [1.82, 2.24) is 45.8 Å². The van der Waals surface area contributed by atoms with Gasteiger partial charge in [0.1, 0.15) is 122 Å². The Morgan fingerprint density at radius 1 is 0.289 bits per heavy atom. The smallest absolute Gasteiger partial charge is 0.549 e. The molecule has 0 aliphatic carbocycles. The van der Waals surface area contributed by atoms with Crippen LogP contribution in [0.25, 0.3) is 0 Å². The third kappa shape index (κ3) is 35.7.